The predicted molar refractivity (Wildman–Crippen MR) is 162 cm³/mol. The van der Waals surface area contributed by atoms with Crippen LogP contribution in [0.1, 0.15) is 33.6 Å². The molecule has 23 heteroatoms. The standard InChI is InChI=1S/C29H36F6N6O11/c1-14-21(40-25(48)27(3,50)24(47)38-13-28(31,32)29(33,34)35)22(44)41(18-12-16(30)4-6-19(18)52-14)10-11-51-26(49)37-9-8-36-20(43)7-5-17(23(45)46)39-15(2)42/h4,6,12,14,17,21,50H,5,7-11,13H2,1-3H3,(H,36,43)(H,37,49)(H,38,47)(H,39,42)(H,40,48)(H,45,46)/t14-,17?,21+,27?/m1/s1. The third kappa shape index (κ3) is 11.9. The molecule has 0 aliphatic carbocycles. The number of carbonyl (C=O) groups is 7. The summed E-state index contributed by atoms with van der Waals surface area (Å²) >= 11 is 0. The number of aliphatic carboxylic acids is 1. The van der Waals surface area contributed by atoms with Gasteiger partial charge < -0.3 is 51.2 Å². The first-order chi connectivity index (χ1) is 24.0. The molecule has 290 valence electrons. The summed E-state index contributed by atoms with van der Waals surface area (Å²) in [6, 6.07) is -0.113. The van der Waals surface area contributed by atoms with E-state index >= 15 is 0 Å². The van der Waals surface area contributed by atoms with Gasteiger partial charge in [-0.3, -0.25) is 24.0 Å². The van der Waals surface area contributed by atoms with Crippen molar-refractivity contribution in [3.05, 3.63) is 24.0 Å². The van der Waals surface area contributed by atoms with Crippen LogP contribution < -0.4 is 36.2 Å². The molecular weight excluding hydrogens is 722 g/mol. The van der Waals surface area contributed by atoms with Crippen LogP contribution in [0.4, 0.5) is 36.8 Å². The number of hydrogen-bond donors (Lipinski definition) is 7. The minimum absolute atomic E-state index is 0.107. The van der Waals surface area contributed by atoms with E-state index in [4.69, 9.17) is 14.6 Å². The van der Waals surface area contributed by atoms with Crippen LogP contribution >= 0.6 is 0 Å². The van der Waals surface area contributed by atoms with Crippen molar-refractivity contribution in [3.8, 4) is 5.75 Å². The number of carboxylic acids is 1. The molecule has 1 aromatic carbocycles. The maximum Gasteiger partial charge on any atom is 0.455 e. The number of fused-ring (bicyclic) bond motifs is 1. The molecule has 1 aliphatic heterocycles. The molecule has 17 nitrogen and oxygen atoms in total. The number of hydrogen-bond acceptors (Lipinski definition) is 10. The Balaban J connectivity index is 2.02. The molecule has 0 aromatic heterocycles. The number of amides is 6. The summed E-state index contributed by atoms with van der Waals surface area (Å²) in [6.45, 7) is -0.849. The first-order valence-corrected chi connectivity index (χ1v) is 15.2. The summed E-state index contributed by atoms with van der Waals surface area (Å²) < 4.78 is 88.9. The lowest BCUT2D eigenvalue weighted by molar-refractivity contribution is -0.278. The zero-order valence-corrected chi connectivity index (χ0v) is 27.7. The van der Waals surface area contributed by atoms with E-state index in [0.29, 0.717) is 6.92 Å². The van der Waals surface area contributed by atoms with Gasteiger partial charge in [0.05, 0.1) is 18.8 Å². The second kappa shape index (κ2) is 17.7. The third-order valence-electron chi connectivity index (χ3n) is 7.18. The largest absolute Gasteiger partial charge is 0.486 e. The molecule has 1 aliphatic rings. The van der Waals surface area contributed by atoms with Gasteiger partial charge >= 0.3 is 24.2 Å². The van der Waals surface area contributed by atoms with Gasteiger partial charge in [-0.25, -0.2) is 14.0 Å². The Kier molecular flexibility index (Phi) is 14.6. The molecule has 0 saturated heterocycles. The Labute approximate surface area is 290 Å². The van der Waals surface area contributed by atoms with Crippen molar-refractivity contribution < 1.29 is 79.6 Å². The highest BCUT2D eigenvalue weighted by Crippen LogP contribution is 2.35. The molecule has 0 spiro atoms. The molecule has 1 heterocycles. The molecule has 0 radical (unpaired) electrons. The zero-order valence-electron chi connectivity index (χ0n) is 27.7. The van der Waals surface area contributed by atoms with Gasteiger partial charge in [-0.2, -0.15) is 22.0 Å². The van der Waals surface area contributed by atoms with E-state index in [9.17, 15) is 65.0 Å². The SMILES string of the molecule is CC(=O)NC(CCC(=O)NCCNC(=O)OCCN1C(=O)[C@@H](NC(=O)C(C)(O)C(=O)NCC(F)(F)C(F)(F)F)[C@@H](C)Oc2ccc(F)cc21)C(=O)O. The Bertz CT molecular complexity index is 1530. The topological polar surface area (TPSA) is 242 Å². The number of halogens is 6. The second-order valence-corrected chi connectivity index (χ2v) is 11.4. The fourth-order valence-electron chi connectivity index (χ4n) is 4.33. The van der Waals surface area contributed by atoms with Gasteiger partial charge in [0.25, 0.3) is 17.7 Å². The lowest BCUT2D eigenvalue weighted by atomic mass is 10.0. The normalized spacial score (nSPS) is 17.6. The summed E-state index contributed by atoms with van der Waals surface area (Å²) in [4.78, 5) is 86.0. The minimum atomic E-state index is -6.05. The Hall–Kier alpha value is -5.35. The van der Waals surface area contributed by atoms with Gasteiger partial charge in [-0.05, 0) is 32.4 Å². The number of rotatable bonds is 16. The number of carboxylic acid groups (broad SMARTS) is 1. The maximum absolute atomic E-state index is 14.2. The Morgan fingerprint density at radius 2 is 1.65 bits per heavy atom. The molecule has 0 saturated carbocycles. The summed E-state index contributed by atoms with van der Waals surface area (Å²) in [5.74, 6) is -13.6. The third-order valence-corrected chi connectivity index (χ3v) is 7.18. The molecule has 7 N–H and O–H groups in total. The number of nitrogens with one attached hydrogen (secondary N) is 5. The fourth-order valence-corrected chi connectivity index (χ4v) is 4.33. The Morgan fingerprint density at radius 1 is 1.02 bits per heavy atom. The van der Waals surface area contributed by atoms with Crippen LogP contribution in [0, 0.1) is 5.82 Å². The van der Waals surface area contributed by atoms with Crippen LogP contribution in [0.3, 0.4) is 0 Å². The van der Waals surface area contributed by atoms with Crippen molar-refractivity contribution in [1.82, 2.24) is 26.6 Å². The lowest BCUT2D eigenvalue weighted by Gasteiger charge is -2.29. The van der Waals surface area contributed by atoms with Gasteiger partial charge in [-0.15, -0.1) is 0 Å². The predicted octanol–water partition coefficient (Wildman–Crippen LogP) is -0.299. The van der Waals surface area contributed by atoms with Crippen LogP contribution in [0.5, 0.6) is 5.75 Å². The van der Waals surface area contributed by atoms with E-state index in [1.54, 1.807) is 0 Å². The van der Waals surface area contributed by atoms with E-state index in [2.05, 4.69) is 16.0 Å². The molecule has 1 aromatic rings. The molecular formula is C29H36F6N6O11. The fraction of sp³-hybridized carbons (Fsp3) is 0.552. The smallest absolute Gasteiger partial charge is 0.455 e. The number of ether oxygens (including phenoxy) is 2. The molecule has 2 unspecified atom stereocenters. The number of anilines is 1. The Morgan fingerprint density at radius 3 is 2.25 bits per heavy atom. The van der Waals surface area contributed by atoms with Crippen LogP contribution in [-0.4, -0.2) is 120 Å². The van der Waals surface area contributed by atoms with Crippen molar-refractivity contribution in [2.24, 2.45) is 0 Å². The summed E-state index contributed by atoms with van der Waals surface area (Å²) in [6.07, 6.45) is -8.88. The number of alkyl carbamates (subject to hydrolysis) is 1. The van der Waals surface area contributed by atoms with Gasteiger partial charge in [0.15, 0.2) is 0 Å². The summed E-state index contributed by atoms with van der Waals surface area (Å²) in [7, 11) is 0. The van der Waals surface area contributed by atoms with Gasteiger partial charge in [-0.1, -0.05) is 0 Å². The second-order valence-electron chi connectivity index (χ2n) is 11.4. The first-order valence-electron chi connectivity index (χ1n) is 15.2. The highest BCUT2D eigenvalue weighted by Gasteiger charge is 2.58. The van der Waals surface area contributed by atoms with Crippen LogP contribution in [0.15, 0.2) is 18.2 Å². The molecule has 6 amide bonds. The monoisotopic (exact) mass is 758 g/mol. The van der Waals surface area contributed by atoms with Gasteiger partial charge in [0.1, 0.15) is 36.4 Å². The van der Waals surface area contributed by atoms with Gasteiger partial charge in [0, 0.05) is 32.5 Å². The molecule has 0 fully saturated rings. The van der Waals surface area contributed by atoms with Crippen molar-refractivity contribution in [2.45, 2.75) is 69.5 Å². The van der Waals surface area contributed by atoms with E-state index < -0.39 is 103 Å². The summed E-state index contributed by atoms with van der Waals surface area (Å²) in [5.41, 5.74) is -3.49. The maximum atomic E-state index is 14.2. The van der Waals surface area contributed by atoms with Crippen LogP contribution in [0.25, 0.3) is 0 Å². The number of benzene rings is 1. The van der Waals surface area contributed by atoms with Crippen molar-refractivity contribution in [1.29, 1.82) is 0 Å². The molecule has 2 rings (SSSR count). The summed E-state index contributed by atoms with van der Waals surface area (Å²) in [5, 5.41) is 29.5. The van der Waals surface area contributed by atoms with Gasteiger partial charge in [0.2, 0.25) is 17.4 Å². The highest BCUT2D eigenvalue weighted by atomic mass is 19.4. The first kappa shape index (κ1) is 42.8. The average molecular weight is 759 g/mol. The van der Waals surface area contributed by atoms with Crippen molar-refractivity contribution >= 4 is 47.3 Å². The minimum Gasteiger partial charge on any atom is -0.486 e. The lowest BCUT2D eigenvalue weighted by Crippen LogP contribution is -2.63. The zero-order chi connectivity index (χ0) is 39.6. The number of carbonyl (C=O) groups excluding carboxylic acids is 6. The van der Waals surface area contributed by atoms with E-state index in [1.807, 2.05) is 5.32 Å². The van der Waals surface area contributed by atoms with E-state index in [0.717, 1.165) is 35.3 Å². The molecule has 52 heavy (non-hydrogen) atoms. The quantitative estimate of drug-likeness (QED) is 0.0656. The molecule has 4 atom stereocenters. The average Bonchev–Trinajstić information content (AvgIpc) is 3.12. The van der Waals surface area contributed by atoms with E-state index in [-0.39, 0.29) is 37.4 Å². The van der Waals surface area contributed by atoms with E-state index in [1.165, 1.54) is 6.92 Å². The number of aliphatic hydroxyl groups is 1. The highest BCUT2D eigenvalue weighted by molar-refractivity contribution is 6.10. The van der Waals surface area contributed by atoms with Crippen molar-refractivity contribution in [2.75, 3.05) is 37.7 Å². The van der Waals surface area contributed by atoms with Crippen LogP contribution in [0.2, 0.25) is 0 Å². The number of nitrogens with zero attached hydrogens (tertiary/aromatic N) is 1. The van der Waals surface area contributed by atoms with Crippen molar-refractivity contribution in [3.63, 3.8) is 0 Å². The molecule has 0 bridgehead atoms. The van der Waals surface area contributed by atoms with Crippen LogP contribution in [-0.2, 0) is 33.5 Å². The number of alkyl halides is 5.